The average molecular weight is 292 g/mol. The first-order chi connectivity index (χ1) is 10.1. The topological polar surface area (TPSA) is 83.0 Å². The zero-order valence-corrected chi connectivity index (χ0v) is 12.8. The molecular weight excluding hydrogens is 272 g/mol. The summed E-state index contributed by atoms with van der Waals surface area (Å²) in [6.07, 6.45) is 4.38. The largest absolute Gasteiger partial charge is 0.465 e. The molecule has 7 nitrogen and oxygen atoms in total. The number of hydrogen-bond donors (Lipinski definition) is 0. The van der Waals surface area contributed by atoms with Gasteiger partial charge in [-0.05, 0) is 19.8 Å². The van der Waals surface area contributed by atoms with Crippen molar-refractivity contribution in [3.05, 3.63) is 18.4 Å². The number of rotatable bonds is 6. The lowest BCUT2D eigenvalue weighted by Gasteiger charge is -2.24. The van der Waals surface area contributed by atoms with Crippen molar-refractivity contribution in [1.29, 1.82) is 0 Å². The molecule has 0 fully saturated rings. The summed E-state index contributed by atoms with van der Waals surface area (Å²) in [5.41, 5.74) is -0.158. The van der Waals surface area contributed by atoms with Crippen molar-refractivity contribution in [2.75, 3.05) is 6.61 Å². The molecule has 2 rings (SSSR count). The van der Waals surface area contributed by atoms with Crippen molar-refractivity contribution in [3.63, 3.8) is 0 Å². The van der Waals surface area contributed by atoms with E-state index in [4.69, 9.17) is 9.26 Å². The highest BCUT2D eigenvalue weighted by Gasteiger charge is 2.44. The third-order valence-corrected chi connectivity index (χ3v) is 3.75. The summed E-state index contributed by atoms with van der Waals surface area (Å²) in [7, 11) is 1.84. The summed E-state index contributed by atoms with van der Waals surface area (Å²) >= 11 is 0. The van der Waals surface area contributed by atoms with Gasteiger partial charge in [0.25, 0.3) is 0 Å². The summed E-state index contributed by atoms with van der Waals surface area (Å²) < 4.78 is 12.3. The van der Waals surface area contributed by atoms with Crippen LogP contribution in [0.15, 0.2) is 17.0 Å². The standard InChI is InChI=1S/C14H20N4O3/c1-5-14(6-2,13(19)20-7-3)12-16-11(17-21-12)10-8-15-9-18(10)4/h8-9H,5-7H2,1-4H3. The molecule has 114 valence electrons. The SMILES string of the molecule is CCOC(=O)C(CC)(CC)c1nc(-c2cncn2C)no1. The third-order valence-electron chi connectivity index (χ3n) is 3.75. The lowest BCUT2D eigenvalue weighted by Crippen LogP contribution is -2.36. The fourth-order valence-electron chi connectivity index (χ4n) is 2.29. The van der Waals surface area contributed by atoms with E-state index in [1.165, 1.54) is 0 Å². The van der Waals surface area contributed by atoms with Crippen LogP contribution in [0.25, 0.3) is 11.5 Å². The predicted molar refractivity (Wildman–Crippen MR) is 75.4 cm³/mol. The van der Waals surface area contributed by atoms with Gasteiger partial charge in [0.15, 0.2) is 0 Å². The first kappa shape index (κ1) is 15.2. The minimum Gasteiger partial charge on any atom is -0.465 e. The van der Waals surface area contributed by atoms with Gasteiger partial charge < -0.3 is 13.8 Å². The average Bonchev–Trinajstić information content (AvgIpc) is 3.10. The van der Waals surface area contributed by atoms with E-state index in [9.17, 15) is 4.79 Å². The molecular formula is C14H20N4O3. The number of imidazole rings is 1. The minimum atomic E-state index is -0.889. The van der Waals surface area contributed by atoms with Gasteiger partial charge >= 0.3 is 5.97 Å². The molecule has 0 aliphatic carbocycles. The maximum atomic E-state index is 12.3. The number of carbonyl (C=O) groups excluding carboxylic acids is 1. The first-order valence-corrected chi connectivity index (χ1v) is 7.07. The summed E-state index contributed by atoms with van der Waals surface area (Å²) in [6, 6.07) is 0. The lowest BCUT2D eigenvalue weighted by atomic mass is 9.82. The van der Waals surface area contributed by atoms with E-state index in [2.05, 4.69) is 15.1 Å². The molecule has 0 amide bonds. The molecule has 0 saturated heterocycles. The molecule has 0 aliphatic rings. The molecule has 0 radical (unpaired) electrons. The van der Waals surface area contributed by atoms with E-state index in [-0.39, 0.29) is 5.97 Å². The molecule has 0 saturated carbocycles. The molecule has 0 unspecified atom stereocenters. The van der Waals surface area contributed by atoms with Crippen molar-refractivity contribution >= 4 is 5.97 Å². The molecule has 0 aliphatic heterocycles. The smallest absolute Gasteiger partial charge is 0.321 e. The fraction of sp³-hybridized carbons (Fsp3) is 0.571. The summed E-state index contributed by atoms with van der Waals surface area (Å²) in [4.78, 5) is 20.7. The van der Waals surface area contributed by atoms with E-state index in [1.54, 1.807) is 24.0 Å². The van der Waals surface area contributed by atoms with Crippen molar-refractivity contribution in [2.45, 2.75) is 39.0 Å². The van der Waals surface area contributed by atoms with Crippen molar-refractivity contribution in [2.24, 2.45) is 7.05 Å². The highest BCUT2D eigenvalue weighted by molar-refractivity contribution is 5.81. The summed E-state index contributed by atoms with van der Waals surface area (Å²) in [6.45, 7) is 5.93. The zero-order valence-electron chi connectivity index (χ0n) is 12.8. The molecule has 2 aromatic rings. The number of aromatic nitrogens is 4. The lowest BCUT2D eigenvalue weighted by molar-refractivity contribution is -0.151. The Kier molecular flexibility index (Phi) is 4.40. The number of ether oxygens (including phenoxy) is 1. The second-order valence-electron chi connectivity index (χ2n) is 4.82. The number of nitrogens with zero attached hydrogens (tertiary/aromatic N) is 4. The van der Waals surface area contributed by atoms with Gasteiger partial charge in [-0.25, -0.2) is 4.98 Å². The molecule has 2 aromatic heterocycles. The van der Waals surface area contributed by atoms with Crippen LogP contribution in [-0.2, 0) is 22.0 Å². The summed E-state index contributed by atoms with van der Waals surface area (Å²) in [5, 5.41) is 3.97. The molecule has 21 heavy (non-hydrogen) atoms. The van der Waals surface area contributed by atoms with E-state index in [0.29, 0.717) is 31.2 Å². The molecule has 0 N–H and O–H groups in total. The van der Waals surface area contributed by atoms with Gasteiger partial charge in [-0.3, -0.25) is 4.79 Å². The maximum absolute atomic E-state index is 12.3. The van der Waals surface area contributed by atoms with Crippen LogP contribution in [0.4, 0.5) is 0 Å². The van der Waals surface area contributed by atoms with Crippen LogP contribution in [0, 0.1) is 0 Å². The molecule has 0 atom stereocenters. The predicted octanol–water partition coefficient (Wildman–Crippen LogP) is 2.09. The second kappa shape index (κ2) is 6.07. The molecule has 0 spiro atoms. The maximum Gasteiger partial charge on any atom is 0.321 e. The molecule has 0 aromatic carbocycles. The monoisotopic (exact) mass is 292 g/mol. The van der Waals surface area contributed by atoms with Crippen LogP contribution in [-0.4, -0.2) is 32.3 Å². The van der Waals surface area contributed by atoms with Crippen LogP contribution in [0.2, 0.25) is 0 Å². The molecule has 2 heterocycles. The van der Waals surface area contributed by atoms with Crippen LogP contribution in [0.1, 0.15) is 39.5 Å². The third kappa shape index (κ3) is 2.55. The fourth-order valence-corrected chi connectivity index (χ4v) is 2.29. The Balaban J connectivity index is 2.41. The van der Waals surface area contributed by atoms with E-state index in [1.807, 2.05) is 20.9 Å². The quantitative estimate of drug-likeness (QED) is 0.758. The van der Waals surface area contributed by atoms with Gasteiger partial charge in [-0.15, -0.1) is 0 Å². The van der Waals surface area contributed by atoms with Crippen molar-refractivity contribution in [1.82, 2.24) is 19.7 Å². The van der Waals surface area contributed by atoms with Gasteiger partial charge in [0.1, 0.15) is 11.1 Å². The Hall–Kier alpha value is -2.18. The van der Waals surface area contributed by atoms with Gasteiger partial charge in [0, 0.05) is 7.05 Å². The number of carbonyl (C=O) groups is 1. The van der Waals surface area contributed by atoms with E-state index >= 15 is 0 Å². The van der Waals surface area contributed by atoms with Crippen LogP contribution in [0.3, 0.4) is 0 Å². The van der Waals surface area contributed by atoms with Gasteiger partial charge in [0.05, 0.1) is 19.1 Å². The Morgan fingerprint density at radius 1 is 1.38 bits per heavy atom. The number of esters is 1. The zero-order chi connectivity index (χ0) is 15.5. The Morgan fingerprint density at radius 2 is 2.10 bits per heavy atom. The van der Waals surface area contributed by atoms with Gasteiger partial charge in [-0.1, -0.05) is 19.0 Å². The Labute approximate surface area is 123 Å². The van der Waals surface area contributed by atoms with Crippen molar-refractivity contribution < 1.29 is 14.1 Å². The van der Waals surface area contributed by atoms with Gasteiger partial charge in [-0.2, -0.15) is 4.98 Å². The highest BCUT2D eigenvalue weighted by Crippen LogP contribution is 2.33. The van der Waals surface area contributed by atoms with Crippen LogP contribution < -0.4 is 0 Å². The minimum absolute atomic E-state index is 0.294. The van der Waals surface area contributed by atoms with Crippen LogP contribution in [0.5, 0.6) is 0 Å². The number of aryl methyl sites for hydroxylation is 1. The number of hydrogen-bond acceptors (Lipinski definition) is 6. The van der Waals surface area contributed by atoms with E-state index < -0.39 is 5.41 Å². The second-order valence-corrected chi connectivity index (χ2v) is 4.82. The summed E-state index contributed by atoms with van der Waals surface area (Å²) in [5.74, 6) is 0.387. The highest BCUT2D eigenvalue weighted by atomic mass is 16.5. The molecule has 7 heteroatoms. The molecule has 0 bridgehead atoms. The van der Waals surface area contributed by atoms with Crippen LogP contribution >= 0.6 is 0 Å². The Morgan fingerprint density at radius 3 is 2.62 bits per heavy atom. The van der Waals surface area contributed by atoms with Gasteiger partial charge in [0.2, 0.25) is 11.7 Å². The first-order valence-electron chi connectivity index (χ1n) is 7.07. The van der Waals surface area contributed by atoms with Crippen molar-refractivity contribution in [3.8, 4) is 11.5 Å². The Bertz CT molecular complexity index is 613. The van der Waals surface area contributed by atoms with E-state index in [0.717, 1.165) is 5.69 Å². The normalized spacial score (nSPS) is 11.6.